The Hall–Kier alpha value is -3.68. The largest absolute Gasteiger partial charge is 0.243 e. The molecule has 0 fully saturated rings. The molecule has 8 heteroatoms. The monoisotopic (exact) mass is 707 g/mol. The fraction of sp³-hybridized carbons (Fsp3) is 0.636. The molecule has 0 saturated carbocycles. The van der Waals surface area contributed by atoms with Gasteiger partial charge in [-0.25, -0.2) is 19.9 Å². The number of hydrogen-bond donors (Lipinski definition) is 0. The van der Waals surface area contributed by atoms with Crippen LogP contribution in [0, 0.1) is 23.7 Å². The van der Waals surface area contributed by atoms with Crippen LogP contribution in [0.1, 0.15) is 155 Å². The van der Waals surface area contributed by atoms with Crippen LogP contribution < -0.4 is 0 Å². The number of aryl methyl sites for hydroxylation is 4. The predicted octanol–water partition coefficient (Wildman–Crippen LogP) is 11.3. The molecule has 8 nitrogen and oxygen atoms in total. The summed E-state index contributed by atoms with van der Waals surface area (Å²) in [7, 11) is 0. The first kappa shape index (κ1) is 41.1. The molecule has 4 aromatic heterocycles. The molecule has 0 N–H and O–H groups in total. The zero-order valence-corrected chi connectivity index (χ0v) is 33.7. The highest BCUT2D eigenvalue weighted by molar-refractivity contribution is 5.62. The van der Waals surface area contributed by atoms with Crippen LogP contribution >= 0.6 is 0 Å². The average molecular weight is 707 g/mol. The molecule has 0 amide bonds. The summed E-state index contributed by atoms with van der Waals surface area (Å²) in [5.74, 6) is 3.78. The van der Waals surface area contributed by atoms with E-state index < -0.39 is 0 Å². The summed E-state index contributed by atoms with van der Waals surface area (Å²) in [5.41, 5.74) is 7.12. The molecule has 0 aliphatic carbocycles. The maximum Gasteiger partial charge on any atom is 0.200 e. The molecule has 4 unspecified atom stereocenters. The van der Waals surface area contributed by atoms with Gasteiger partial charge in [0.05, 0.1) is 34.2 Å². The Morgan fingerprint density at radius 1 is 0.365 bits per heavy atom. The van der Waals surface area contributed by atoms with Crippen LogP contribution in [0.25, 0.3) is 34.4 Å². The minimum absolute atomic E-state index is 0.569. The van der Waals surface area contributed by atoms with Crippen molar-refractivity contribution in [2.75, 3.05) is 0 Å². The summed E-state index contributed by atoms with van der Waals surface area (Å²) in [6, 6.07) is 11.9. The molecule has 282 valence electrons. The molecule has 0 radical (unpaired) electrons. The zero-order valence-electron chi connectivity index (χ0n) is 33.7. The van der Waals surface area contributed by atoms with Gasteiger partial charge in [-0.1, -0.05) is 119 Å². The van der Waals surface area contributed by atoms with E-state index in [0.29, 0.717) is 46.7 Å². The topological polar surface area (TPSA) is 103 Å². The molecule has 4 heterocycles. The first-order valence-electron chi connectivity index (χ1n) is 20.6. The number of aromatic nitrogens is 8. The summed E-state index contributed by atoms with van der Waals surface area (Å²) >= 11 is 0. The summed E-state index contributed by atoms with van der Waals surface area (Å²) in [5, 5.41) is 18.8. The summed E-state index contributed by atoms with van der Waals surface area (Å²) in [6.45, 7) is 18.4. The second kappa shape index (κ2) is 21.8. The second-order valence-corrected chi connectivity index (χ2v) is 15.6. The van der Waals surface area contributed by atoms with Crippen molar-refractivity contribution in [3.05, 3.63) is 59.2 Å². The summed E-state index contributed by atoms with van der Waals surface area (Å²) in [4.78, 5) is 20.2. The quantitative estimate of drug-likeness (QED) is 0.0751. The van der Waals surface area contributed by atoms with Crippen molar-refractivity contribution in [3.63, 3.8) is 0 Å². The van der Waals surface area contributed by atoms with Crippen LogP contribution in [0.2, 0.25) is 0 Å². The highest BCUT2D eigenvalue weighted by Crippen LogP contribution is 2.25. The van der Waals surface area contributed by atoms with Crippen LogP contribution in [0.15, 0.2) is 36.4 Å². The Morgan fingerprint density at radius 3 is 1.00 bits per heavy atom. The smallest absolute Gasteiger partial charge is 0.200 e. The zero-order chi connectivity index (χ0) is 37.3. The Labute approximate surface area is 315 Å². The third kappa shape index (κ3) is 12.8. The number of nitrogens with zero attached hydrogens (tertiary/aromatic N) is 8. The normalized spacial score (nSPS) is 13.9. The molecular formula is C44H66N8. The lowest BCUT2D eigenvalue weighted by molar-refractivity contribution is 0.470. The van der Waals surface area contributed by atoms with Gasteiger partial charge in [-0.3, -0.25) is 0 Å². The third-order valence-electron chi connectivity index (χ3n) is 10.5. The first-order chi connectivity index (χ1) is 25.2. The van der Waals surface area contributed by atoms with Crippen LogP contribution in [-0.4, -0.2) is 40.3 Å². The minimum Gasteiger partial charge on any atom is -0.243 e. The molecule has 0 aliphatic heterocycles. The van der Waals surface area contributed by atoms with Crippen molar-refractivity contribution < 1.29 is 0 Å². The Kier molecular flexibility index (Phi) is 17.2. The lowest BCUT2D eigenvalue weighted by Crippen LogP contribution is -2.10. The summed E-state index contributed by atoms with van der Waals surface area (Å²) in [6.07, 6.45) is 17.8. The van der Waals surface area contributed by atoms with E-state index >= 15 is 0 Å². The van der Waals surface area contributed by atoms with Gasteiger partial charge in [0.25, 0.3) is 0 Å². The molecule has 0 saturated heterocycles. The van der Waals surface area contributed by atoms with Crippen LogP contribution in [-0.2, 0) is 25.7 Å². The maximum atomic E-state index is 5.11. The van der Waals surface area contributed by atoms with Crippen molar-refractivity contribution in [3.8, 4) is 34.4 Å². The van der Waals surface area contributed by atoms with E-state index in [0.717, 1.165) is 85.5 Å². The molecule has 0 aliphatic rings. The van der Waals surface area contributed by atoms with E-state index in [1.807, 2.05) is 36.4 Å². The van der Waals surface area contributed by atoms with Gasteiger partial charge in [0.15, 0.2) is 0 Å². The lowest BCUT2D eigenvalue weighted by atomic mass is 9.96. The minimum atomic E-state index is 0.569. The van der Waals surface area contributed by atoms with Gasteiger partial charge in [0.1, 0.15) is 11.4 Å². The Balaban J connectivity index is 1.60. The molecule has 0 spiro atoms. The van der Waals surface area contributed by atoms with Crippen molar-refractivity contribution in [2.45, 2.75) is 158 Å². The van der Waals surface area contributed by atoms with Crippen molar-refractivity contribution in [1.29, 1.82) is 0 Å². The van der Waals surface area contributed by atoms with Crippen molar-refractivity contribution >= 4 is 0 Å². The SMILES string of the molecule is CCCC(C)CCc1nnc(-c2cccc(-c3cccc(-c4nnc(CCC(C)CCC)c(CCC(C)CCC)n4)n3)n2)nc1CCC(C)CCC. The van der Waals surface area contributed by atoms with Gasteiger partial charge in [-0.2, -0.15) is 10.2 Å². The van der Waals surface area contributed by atoms with Crippen LogP contribution in [0.4, 0.5) is 0 Å². The molecule has 0 bridgehead atoms. The third-order valence-corrected chi connectivity index (χ3v) is 10.5. The highest BCUT2D eigenvalue weighted by atomic mass is 15.2. The van der Waals surface area contributed by atoms with E-state index in [1.54, 1.807) is 0 Å². The van der Waals surface area contributed by atoms with Gasteiger partial charge in [0, 0.05) is 0 Å². The average Bonchev–Trinajstić information content (AvgIpc) is 3.15. The summed E-state index contributed by atoms with van der Waals surface area (Å²) < 4.78 is 0. The number of rotatable bonds is 23. The standard InChI is InChI=1S/C44H66N8/c1-9-15-31(5)23-27-37-39(29-25-33(7)17-11-3)49-51-43(47-37)41-21-13-19-35(45-41)36-20-14-22-42(46-36)44-48-38(28-24-32(6)16-10-2)40(50-52-44)30-26-34(8)18-12-4/h13-14,19-22,31-34H,9-12,15-18,23-30H2,1-8H3. The molecule has 52 heavy (non-hydrogen) atoms. The van der Waals surface area contributed by atoms with Gasteiger partial charge in [0.2, 0.25) is 11.6 Å². The Morgan fingerprint density at radius 2 is 0.673 bits per heavy atom. The number of pyridine rings is 2. The fourth-order valence-electron chi connectivity index (χ4n) is 7.25. The van der Waals surface area contributed by atoms with Gasteiger partial charge >= 0.3 is 0 Å². The first-order valence-corrected chi connectivity index (χ1v) is 20.6. The van der Waals surface area contributed by atoms with Crippen LogP contribution in [0.3, 0.4) is 0 Å². The van der Waals surface area contributed by atoms with Gasteiger partial charge in [-0.05, 0) is 99.3 Å². The molecule has 4 atom stereocenters. The Bertz CT molecular complexity index is 1520. The lowest BCUT2D eigenvalue weighted by Gasteiger charge is -2.14. The van der Waals surface area contributed by atoms with E-state index in [4.69, 9.17) is 30.1 Å². The molecule has 4 rings (SSSR count). The van der Waals surface area contributed by atoms with E-state index in [-0.39, 0.29) is 0 Å². The molecule has 4 aromatic rings. The van der Waals surface area contributed by atoms with Gasteiger partial charge in [-0.15, -0.1) is 10.2 Å². The van der Waals surface area contributed by atoms with E-state index in [1.165, 1.54) is 51.4 Å². The number of hydrogen-bond acceptors (Lipinski definition) is 8. The molecule has 0 aromatic carbocycles. The van der Waals surface area contributed by atoms with Gasteiger partial charge < -0.3 is 0 Å². The molecular weight excluding hydrogens is 641 g/mol. The van der Waals surface area contributed by atoms with Crippen LogP contribution in [0.5, 0.6) is 0 Å². The van der Waals surface area contributed by atoms with Crippen molar-refractivity contribution in [1.82, 2.24) is 40.3 Å². The van der Waals surface area contributed by atoms with Crippen molar-refractivity contribution in [2.24, 2.45) is 23.7 Å². The second-order valence-electron chi connectivity index (χ2n) is 15.6. The fourth-order valence-corrected chi connectivity index (χ4v) is 7.25. The van der Waals surface area contributed by atoms with E-state index in [2.05, 4.69) is 65.6 Å². The predicted molar refractivity (Wildman–Crippen MR) is 215 cm³/mol. The van der Waals surface area contributed by atoms with E-state index in [9.17, 15) is 0 Å². The maximum absolute atomic E-state index is 5.11. The highest BCUT2D eigenvalue weighted by Gasteiger charge is 2.18.